The number of amidine groups is 1. The van der Waals surface area contributed by atoms with Crippen LogP contribution in [0.5, 0.6) is 0 Å². The zero-order chi connectivity index (χ0) is 14.2. The lowest BCUT2D eigenvalue weighted by Crippen LogP contribution is -2.38. The van der Waals surface area contributed by atoms with E-state index in [1.807, 2.05) is 16.3 Å². The third-order valence-electron chi connectivity index (χ3n) is 3.07. The minimum atomic E-state index is -0.238. The van der Waals surface area contributed by atoms with Gasteiger partial charge in [0.05, 0.1) is 11.5 Å². The summed E-state index contributed by atoms with van der Waals surface area (Å²) >= 11 is 1.39. The Morgan fingerprint density at radius 3 is 2.80 bits per heavy atom. The van der Waals surface area contributed by atoms with Crippen LogP contribution in [0, 0.1) is 0 Å². The summed E-state index contributed by atoms with van der Waals surface area (Å²) < 4.78 is 10.6. The normalized spacial score (nSPS) is 16.2. The van der Waals surface area contributed by atoms with Gasteiger partial charge >= 0.3 is 0 Å². The van der Waals surface area contributed by atoms with Crippen molar-refractivity contribution in [2.24, 2.45) is 4.99 Å². The van der Waals surface area contributed by atoms with Gasteiger partial charge in [0.25, 0.3) is 11.9 Å². The first kappa shape index (κ1) is 15.0. The van der Waals surface area contributed by atoms with Gasteiger partial charge in [-0.2, -0.15) is 4.99 Å². The van der Waals surface area contributed by atoms with Crippen LogP contribution in [0.15, 0.2) is 22.5 Å². The summed E-state index contributed by atoms with van der Waals surface area (Å²) in [7, 11) is 1.62. The molecule has 1 aliphatic heterocycles. The van der Waals surface area contributed by atoms with Crippen molar-refractivity contribution in [1.82, 2.24) is 4.90 Å². The number of carbonyl (C=O) groups is 1. The van der Waals surface area contributed by atoms with Crippen molar-refractivity contribution in [3.63, 3.8) is 0 Å². The molecule has 1 aromatic rings. The van der Waals surface area contributed by atoms with Crippen LogP contribution in [0.25, 0.3) is 0 Å². The third kappa shape index (κ3) is 4.31. The molecule has 0 radical (unpaired) electrons. The minimum absolute atomic E-state index is 0.238. The Balaban J connectivity index is 2.05. The van der Waals surface area contributed by atoms with Crippen molar-refractivity contribution in [3.8, 4) is 0 Å². The zero-order valence-electron chi connectivity index (χ0n) is 11.7. The Morgan fingerprint density at radius 2 is 2.15 bits per heavy atom. The second-order valence-corrected chi connectivity index (χ2v) is 5.51. The van der Waals surface area contributed by atoms with Crippen LogP contribution in [0.2, 0.25) is 0 Å². The molecule has 110 valence electrons. The molecule has 1 fully saturated rings. The zero-order valence-corrected chi connectivity index (χ0v) is 12.5. The number of likely N-dealkylation sites (tertiary alicyclic amines) is 1. The van der Waals surface area contributed by atoms with Crippen molar-refractivity contribution >= 4 is 23.3 Å². The minimum Gasteiger partial charge on any atom is -0.462 e. The highest BCUT2D eigenvalue weighted by atomic mass is 32.1. The van der Waals surface area contributed by atoms with Gasteiger partial charge in [-0.05, 0) is 30.7 Å². The average Bonchev–Trinajstić information content (AvgIpc) is 3.01. The van der Waals surface area contributed by atoms with E-state index in [-0.39, 0.29) is 5.91 Å². The van der Waals surface area contributed by atoms with Crippen LogP contribution in [-0.2, 0) is 9.47 Å². The smallest absolute Gasteiger partial charge is 0.295 e. The summed E-state index contributed by atoms with van der Waals surface area (Å²) in [6, 6.07) is 4.05. The number of rotatable bonds is 4. The molecule has 0 aromatic carbocycles. The summed E-state index contributed by atoms with van der Waals surface area (Å²) in [4.78, 5) is 18.9. The highest BCUT2D eigenvalue weighted by Gasteiger charge is 2.18. The van der Waals surface area contributed by atoms with Gasteiger partial charge in [0.2, 0.25) is 0 Å². The monoisotopic (exact) mass is 296 g/mol. The fraction of sp³-hybridized carbons (Fsp3) is 0.571. The van der Waals surface area contributed by atoms with E-state index in [0.29, 0.717) is 24.1 Å². The van der Waals surface area contributed by atoms with E-state index in [1.165, 1.54) is 17.8 Å². The van der Waals surface area contributed by atoms with Crippen molar-refractivity contribution in [1.29, 1.82) is 0 Å². The van der Waals surface area contributed by atoms with Crippen LogP contribution in [0.4, 0.5) is 0 Å². The van der Waals surface area contributed by atoms with E-state index in [4.69, 9.17) is 9.47 Å². The number of piperidine rings is 1. The summed E-state index contributed by atoms with van der Waals surface area (Å²) in [5.74, 6) is -0.238. The van der Waals surface area contributed by atoms with Crippen LogP contribution < -0.4 is 0 Å². The lowest BCUT2D eigenvalue weighted by atomic mass is 10.1. The maximum absolute atomic E-state index is 12.1. The lowest BCUT2D eigenvalue weighted by Gasteiger charge is -2.28. The Bertz CT molecular complexity index is 439. The average molecular weight is 296 g/mol. The summed E-state index contributed by atoms with van der Waals surface area (Å²) in [5, 5.41) is 1.87. The quantitative estimate of drug-likeness (QED) is 0.486. The van der Waals surface area contributed by atoms with Gasteiger partial charge in [-0.3, -0.25) is 4.79 Å². The maximum Gasteiger partial charge on any atom is 0.295 e. The second-order valence-electron chi connectivity index (χ2n) is 4.57. The molecule has 0 N–H and O–H groups in total. The van der Waals surface area contributed by atoms with Crippen LogP contribution in [0.1, 0.15) is 28.9 Å². The van der Waals surface area contributed by atoms with Crippen molar-refractivity contribution in [3.05, 3.63) is 22.4 Å². The largest absolute Gasteiger partial charge is 0.462 e. The Hall–Kier alpha value is -1.40. The molecule has 5 nitrogen and oxygen atoms in total. The van der Waals surface area contributed by atoms with Crippen molar-refractivity contribution < 1.29 is 14.3 Å². The highest BCUT2D eigenvalue weighted by molar-refractivity contribution is 7.12. The van der Waals surface area contributed by atoms with E-state index in [9.17, 15) is 4.79 Å². The third-order valence-corrected chi connectivity index (χ3v) is 3.93. The fourth-order valence-corrected chi connectivity index (χ4v) is 2.65. The highest BCUT2D eigenvalue weighted by Crippen LogP contribution is 2.13. The van der Waals surface area contributed by atoms with Gasteiger partial charge < -0.3 is 14.4 Å². The number of amides is 1. The van der Waals surface area contributed by atoms with Crippen LogP contribution >= 0.6 is 11.3 Å². The number of aliphatic imine (C=N–C) groups is 1. The second kappa shape index (κ2) is 8.01. The van der Waals surface area contributed by atoms with Crippen molar-refractivity contribution in [2.45, 2.75) is 19.3 Å². The molecule has 1 aliphatic rings. The molecule has 0 bridgehead atoms. The molecule has 6 heteroatoms. The molecule has 0 aliphatic carbocycles. The molecular weight excluding hydrogens is 276 g/mol. The number of hydrogen-bond acceptors (Lipinski definition) is 4. The van der Waals surface area contributed by atoms with E-state index in [0.717, 1.165) is 25.9 Å². The SMILES string of the molecule is COCCOC(=NC(=O)c1cccs1)N1CCCCC1. The number of nitrogens with zero attached hydrogens (tertiary/aromatic N) is 2. The number of methoxy groups -OCH3 is 1. The summed E-state index contributed by atoms with van der Waals surface area (Å²) in [6.45, 7) is 2.68. The molecular formula is C14H20N2O3S. The topological polar surface area (TPSA) is 51.1 Å². The first-order valence-electron chi connectivity index (χ1n) is 6.84. The van der Waals surface area contributed by atoms with E-state index >= 15 is 0 Å². The number of thiophene rings is 1. The molecule has 1 aromatic heterocycles. The fourth-order valence-electron chi connectivity index (χ4n) is 2.04. The predicted octanol–water partition coefficient (Wildman–Crippen LogP) is 2.39. The molecule has 2 heterocycles. The van der Waals surface area contributed by atoms with Gasteiger partial charge in [0.15, 0.2) is 0 Å². The molecule has 1 saturated heterocycles. The molecule has 0 spiro atoms. The van der Waals surface area contributed by atoms with Gasteiger partial charge in [-0.1, -0.05) is 6.07 Å². The van der Waals surface area contributed by atoms with Gasteiger partial charge in [0, 0.05) is 20.2 Å². The van der Waals surface area contributed by atoms with E-state index < -0.39 is 0 Å². The Kier molecular flexibility index (Phi) is 6.01. The summed E-state index contributed by atoms with van der Waals surface area (Å²) in [5.41, 5.74) is 0. The number of carbonyl (C=O) groups excluding carboxylic acids is 1. The number of hydrogen-bond donors (Lipinski definition) is 0. The van der Waals surface area contributed by atoms with Crippen LogP contribution in [-0.4, -0.2) is 50.2 Å². The maximum atomic E-state index is 12.1. The number of ether oxygens (including phenoxy) is 2. The predicted molar refractivity (Wildman–Crippen MR) is 79.3 cm³/mol. The Morgan fingerprint density at radius 1 is 1.35 bits per heavy atom. The molecule has 20 heavy (non-hydrogen) atoms. The molecule has 2 rings (SSSR count). The molecule has 0 saturated carbocycles. The Labute approximate surface area is 123 Å². The lowest BCUT2D eigenvalue weighted by molar-refractivity contribution is 0.0981. The van der Waals surface area contributed by atoms with Crippen LogP contribution in [0.3, 0.4) is 0 Å². The van der Waals surface area contributed by atoms with Gasteiger partial charge in [-0.25, -0.2) is 0 Å². The standard InChI is InChI=1S/C14H20N2O3S/c1-18-9-10-19-14(16-7-3-2-4-8-16)15-13(17)12-6-5-11-20-12/h5-6,11H,2-4,7-10H2,1H3. The van der Waals surface area contributed by atoms with Gasteiger partial charge in [-0.15, -0.1) is 11.3 Å². The first-order chi connectivity index (χ1) is 9.81. The molecule has 1 amide bonds. The molecule has 0 unspecified atom stereocenters. The van der Waals surface area contributed by atoms with Crippen molar-refractivity contribution in [2.75, 3.05) is 33.4 Å². The summed E-state index contributed by atoms with van der Waals surface area (Å²) in [6.07, 6.45) is 3.44. The van der Waals surface area contributed by atoms with Gasteiger partial charge in [0.1, 0.15) is 6.61 Å². The molecule has 0 atom stereocenters. The van der Waals surface area contributed by atoms with E-state index in [1.54, 1.807) is 13.2 Å². The first-order valence-corrected chi connectivity index (χ1v) is 7.72. The van der Waals surface area contributed by atoms with E-state index in [2.05, 4.69) is 4.99 Å².